The van der Waals surface area contributed by atoms with Crippen LogP contribution >= 0.6 is 0 Å². The molecule has 3 aromatic rings. The van der Waals surface area contributed by atoms with Crippen molar-refractivity contribution in [3.63, 3.8) is 0 Å². The topological polar surface area (TPSA) is 105 Å². The number of carbonyl (C=O) groups is 1. The number of aryl methyl sites for hydroxylation is 1. The van der Waals surface area contributed by atoms with E-state index in [0.29, 0.717) is 41.9 Å². The Kier molecular flexibility index (Phi) is 8.48. The van der Waals surface area contributed by atoms with E-state index in [0.717, 1.165) is 51.4 Å². The molecular formula is C25H31N7O2. The van der Waals surface area contributed by atoms with E-state index < -0.39 is 0 Å². The molecule has 178 valence electrons. The summed E-state index contributed by atoms with van der Waals surface area (Å²) in [6.45, 7) is 7.38. The number of Topliss-reactive ketones (excluding diaryl/α,β-unsaturated/α-hetero) is 1. The molecule has 0 saturated carbocycles. The summed E-state index contributed by atoms with van der Waals surface area (Å²) in [5.74, 6) is 2.18. The number of hydrogen-bond acceptors (Lipinski definition) is 9. The van der Waals surface area contributed by atoms with Gasteiger partial charge in [-0.3, -0.25) is 9.69 Å². The minimum Gasteiger partial charge on any atom is -0.379 e. The van der Waals surface area contributed by atoms with Gasteiger partial charge in [-0.25, -0.2) is 4.98 Å². The van der Waals surface area contributed by atoms with Gasteiger partial charge in [-0.05, 0) is 30.7 Å². The third kappa shape index (κ3) is 7.03. The molecule has 0 bridgehead atoms. The number of hydrogen-bond donors (Lipinski definition) is 2. The van der Waals surface area contributed by atoms with E-state index in [2.05, 4.69) is 35.5 Å². The predicted octanol–water partition coefficient (Wildman–Crippen LogP) is 3.13. The van der Waals surface area contributed by atoms with Gasteiger partial charge in [-0.1, -0.05) is 37.3 Å². The number of aromatic nitrogens is 4. The molecule has 0 unspecified atom stereocenters. The Hall–Kier alpha value is -3.43. The number of carbonyl (C=O) groups excluding carboxylic acids is 1. The Bertz CT molecular complexity index is 1070. The molecule has 3 heterocycles. The molecule has 1 aliphatic heterocycles. The molecule has 34 heavy (non-hydrogen) atoms. The molecule has 9 nitrogen and oxygen atoms in total. The standard InChI is InChI=1S/C25H31N7O2/c1-2-22-28-24(27-10-6-12-32-13-15-34-16-14-32)31-25(29-22)30-23-18-20(9-11-26-23)21(33)17-19-7-4-3-5-8-19/h3-5,7-9,11,18H,2,6,10,12-17H2,1H3,(H2,26,27,28,29,30,31). The van der Waals surface area contributed by atoms with E-state index in [1.807, 2.05) is 37.3 Å². The number of anilines is 3. The lowest BCUT2D eigenvalue weighted by Gasteiger charge is -2.26. The smallest absolute Gasteiger partial charge is 0.233 e. The van der Waals surface area contributed by atoms with Crippen LogP contribution in [0.4, 0.5) is 17.7 Å². The summed E-state index contributed by atoms with van der Waals surface area (Å²) in [7, 11) is 0. The van der Waals surface area contributed by atoms with Crippen LogP contribution in [-0.4, -0.2) is 70.0 Å². The molecule has 0 spiro atoms. The van der Waals surface area contributed by atoms with Crippen molar-refractivity contribution in [3.05, 3.63) is 65.6 Å². The maximum absolute atomic E-state index is 12.7. The number of nitrogens with one attached hydrogen (secondary N) is 2. The first-order valence-corrected chi connectivity index (χ1v) is 11.8. The van der Waals surface area contributed by atoms with Crippen LogP contribution in [0.3, 0.4) is 0 Å². The summed E-state index contributed by atoms with van der Waals surface area (Å²) >= 11 is 0. The first kappa shape index (κ1) is 23.7. The summed E-state index contributed by atoms with van der Waals surface area (Å²) in [5.41, 5.74) is 1.57. The zero-order valence-electron chi connectivity index (χ0n) is 19.5. The fourth-order valence-corrected chi connectivity index (χ4v) is 3.71. The fraction of sp³-hybridized carbons (Fsp3) is 0.400. The fourth-order valence-electron chi connectivity index (χ4n) is 3.71. The van der Waals surface area contributed by atoms with Crippen molar-refractivity contribution in [1.29, 1.82) is 0 Å². The molecule has 0 radical (unpaired) electrons. The molecule has 0 atom stereocenters. The number of benzene rings is 1. The minimum absolute atomic E-state index is 0.0316. The minimum atomic E-state index is 0.0316. The molecule has 9 heteroatoms. The number of pyridine rings is 1. The predicted molar refractivity (Wildman–Crippen MR) is 132 cm³/mol. The van der Waals surface area contributed by atoms with Crippen LogP contribution in [0, 0.1) is 0 Å². The molecular weight excluding hydrogens is 430 g/mol. The maximum Gasteiger partial charge on any atom is 0.233 e. The van der Waals surface area contributed by atoms with E-state index in [4.69, 9.17) is 4.74 Å². The van der Waals surface area contributed by atoms with E-state index in [9.17, 15) is 4.79 Å². The molecule has 1 aliphatic rings. The quantitative estimate of drug-likeness (QED) is 0.329. The third-order valence-electron chi connectivity index (χ3n) is 5.57. The zero-order chi connectivity index (χ0) is 23.6. The highest BCUT2D eigenvalue weighted by molar-refractivity contribution is 5.98. The Balaban J connectivity index is 1.37. The van der Waals surface area contributed by atoms with Gasteiger partial charge < -0.3 is 15.4 Å². The third-order valence-corrected chi connectivity index (χ3v) is 5.57. The van der Waals surface area contributed by atoms with Gasteiger partial charge >= 0.3 is 0 Å². The molecule has 2 N–H and O–H groups in total. The van der Waals surface area contributed by atoms with Gasteiger partial charge in [0.15, 0.2) is 5.78 Å². The Morgan fingerprint density at radius 1 is 1.06 bits per heavy atom. The highest BCUT2D eigenvalue weighted by atomic mass is 16.5. The molecule has 1 fully saturated rings. The van der Waals surface area contributed by atoms with E-state index in [1.54, 1.807) is 18.3 Å². The van der Waals surface area contributed by atoms with Crippen molar-refractivity contribution in [2.45, 2.75) is 26.2 Å². The Morgan fingerprint density at radius 3 is 2.65 bits per heavy atom. The van der Waals surface area contributed by atoms with Crippen LogP contribution in [0.5, 0.6) is 0 Å². The average Bonchev–Trinajstić information content (AvgIpc) is 2.88. The van der Waals surface area contributed by atoms with E-state index in [-0.39, 0.29) is 5.78 Å². The lowest BCUT2D eigenvalue weighted by molar-refractivity contribution is 0.0378. The summed E-state index contributed by atoms with van der Waals surface area (Å²) in [6.07, 6.45) is 3.63. The van der Waals surface area contributed by atoms with Crippen molar-refractivity contribution in [2.75, 3.05) is 50.0 Å². The molecule has 1 aromatic carbocycles. The number of rotatable bonds is 11. The van der Waals surface area contributed by atoms with Gasteiger partial charge in [0.25, 0.3) is 0 Å². The van der Waals surface area contributed by atoms with Crippen LogP contribution in [0.25, 0.3) is 0 Å². The number of nitrogens with zero attached hydrogens (tertiary/aromatic N) is 5. The maximum atomic E-state index is 12.7. The van der Waals surface area contributed by atoms with Crippen LogP contribution in [0.1, 0.15) is 35.1 Å². The van der Waals surface area contributed by atoms with Crippen molar-refractivity contribution in [2.24, 2.45) is 0 Å². The van der Waals surface area contributed by atoms with Gasteiger partial charge in [0, 0.05) is 44.2 Å². The van der Waals surface area contributed by atoms with E-state index in [1.165, 1.54) is 0 Å². The molecule has 0 aliphatic carbocycles. The number of ketones is 1. The molecule has 2 aromatic heterocycles. The highest BCUT2D eigenvalue weighted by Crippen LogP contribution is 2.16. The van der Waals surface area contributed by atoms with Gasteiger partial charge in [0.05, 0.1) is 13.2 Å². The lowest BCUT2D eigenvalue weighted by atomic mass is 10.0. The van der Waals surface area contributed by atoms with E-state index >= 15 is 0 Å². The van der Waals surface area contributed by atoms with Crippen LogP contribution < -0.4 is 10.6 Å². The molecule has 4 rings (SSSR count). The molecule has 0 amide bonds. The van der Waals surface area contributed by atoms with Gasteiger partial charge in [0.1, 0.15) is 11.6 Å². The normalized spacial score (nSPS) is 14.0. The summed E-state index contributed by atoms with van der Waals surface area (Å²) < 4.78 is 5.39. The Morgan fingerprint density at radius 2 is 1.85 bits per heavy atom. The summed E-state index contributed by atoms with van der Waals surface area (Å²) in [5, 5.41) is 6.44. The largest absolute Gasteiger partial charge is 0.379 e. The van der Waals surface area contributed by atoms with Gasteiger partial charge in [-0.15, -0.1) is 0 Å². The second-order valence-corrected chi connectivity index (χ2v) is 8.13. The van der Waals surface area contributed by atoms with Crippen molar-refractivity contribution in [3.8, 4) is 0 Å². The second kappa shape index (κ2) is 12.2. The SMILES string of the molecule is CCc1nc(NCCCN2CCOCC2)nc(Nc2cc(C(=O)Cc3ccccc3)ccn2)n1. The highest BCUT2D eigenvalue weighted by Gasteiger charge is 2.12. The van der Waals surface area contributed by atoms with Crippen LogP contribution in [-0.2, 0) is 17.6 Å². The number of morpholine rings is 1. The van der Waals surface area contributed by atoms with Crippen molar-refractivity contribution in [1.82, 2.24) is 24.8 Å². The van der Waals surface area contributed by atoms with Crippen LogP contribution in [0.2, 0.25) is 0 Å². The summed E-state index contributed by atoms with van der Waals surface area (Å²) in [4.78, 5) is 32.9. The van der Waals surface area contributed by atoms with Crippen LogP contribution in [0.15, 0.2) is 48.7 Å². The Labute approximate surface area is 200 Å². The number of ether oxygens (including phenoxy) is 1. The average molecular weight is 462 g/mol. The van der Waals surface area contributed by atoms with Crippen molar-refractivity contribution >= 4 is 23.5 Å². The first-order chi connectivity index (χ1) is 16.7. The lowest BCUT2D eigenvalue weighted by Crippen LogP contribution is -2.37. The first-order valence-electron chi connectivity index (χ1n) is 11.8. The molecule has 1 saturated heterocycles. The van der Waals surface area contributed by atoms with Gasteiger partial charge in [-0.2, -0.15) is 15.0 Å². The summed E-state index contributed by atoms with van der Waals surface area (Å²) in [6, 6.07) is 13.2. The second-order valence-electron chi connectivity index (χ2n) is 8.13. The zero-order valence-corrected chi connectivity index (χ0v) is 19.5. The van der Waals surface area contributed by atoms with Gasteiger partial charge in [0.2, 0.25) is 11.9 Å². The monoisotopic (exact) mass is 461 g/mol. The van der Waals surface area contributed by atoms with Crippen molar-refractivity contribution < 1.29 is 9.53 Å².